The number of aliphatic hydroxyl groups is 2. The standard InChI is InChI=1S/C17H22FNO5/c1-16(23)6-9-24-17(15(16)22)4-7-19(8-5-17)14(21)12-10-11(20)2-3-13(12)18/h2-3,10,15,20,22-23H,4-9H2,1H3/t15-,16+/m0/s1. The Hall–Kier alpha value is -1.70. The zero-order chi connectivity index (χ0) is 17.5. The molecule has 1 amide bonds. The molecule has 0 aromatic heterocycles. The third-order valence-corrected chi connectivity index (χ3v) is 5.16. The number of rotatable bonds is 1. The number of nitrogens with zero attached hydrogens (tertiary/aromatic N) is 1. The van der Waals surface area contributed by atoms with Crippen molar-refractivity contribution in [3.63, 3.8) is 0 Å². The number of aliphatic hydroxyl groups excluding tert-OH is 1. The summed E-state index contributed by atoms with van der Waals surface area (Å²) in [7, 11) is 0. The van der Waals surface area contributed by atoms with Gasteiger partial charge in [-0.3, -0.25) is 4.79 Å². The van der Waals surface area contributed by atoms with E-state index in [4.69, 9.17) is 4.74 Å². The minimum absolute atomic E-state index is 0.171. The molecule has 3 N–H and O–H groups in total. The first-order valence-corrected chi connectivity index (χ1v) is 8.07. The molecule has 2 aliphatic rings. The lowest BCUT2D eigenvalue weighted by molar-refractivity contribution is -0.244. The number of hydrogen-bond donors (Lipinski definition) is 3. The van der Waals surface area contributed by atoms with Gasteiger partial charge in [0.15, 0.2) is 0 Å². The number of halogens is 1. The Morgan fingerprint density at radius 2 is 2.00 bits per heavy atom. The maximum absolute atomic E-state index is 13.8. The van der Waals surface area contributed by atoms with Gasteiger partial charge in [-0.2, -0.15) is 0 Å². The van der Waals surface area contributed by atoms with Gasteiger partial charge < -0.3 is 25.0 Å². The van der Waals surface area contributed by atoms with Gasteiger partial charge in [0, 0.05) is 19.5 Å². The molecular formula is C17H22FNO5. The highest BCUT2D eigenvalue weighted by atomic mass is 19.1. The zero-order valence-corrected chi connectivity index (χ0v) is 13.5. The maximum Gasteiger partial charge on any atom is 0.256 e. The fourth-order valence-corrected chi connectivity index (χ4v) is 3.60. The van der Waals surface area contributed by atoms with Crippen molar-refractivity contribution < 1.29 is 29.2 Å². The van der Waals surface area contributed by atoms with E-state index in [1.54, 1.807) is 6.92 Å². The predicted molar refractivity (Wildman–Crippen MR) is 83.1 cm³/mol. The predicted octanol–water partition coefficient (Wildman–Crippen LogP) is 1.04. The molecule has 0 saturated carbocycles. The van der Waals surface area contributed by atoms with E-state index < -0.39 is 29.0 Å². The van der Waals surface area contributed by atoms with E-state index >= 15 is 0 Å². The Morgan fingerprint density at radius 3 is 2.67 bits per heavy atom. The second-order valence-corrected chi connectivity index (χ2v) is 6.88. The van der Waals surface area contributed by atoms with Crippen molar-refractivity contribution in [1.29, 1.82) is 0 Å². The highest BCUT2D eigenvalue weighted by molar-refractivity contribution is 5.95. The number of ether oxygens (including phenoxy) is 1. The summed E-state index contributed by atoms with van der Waals surface area (Å²) in [6, 6.07) is 3.35. The van der Waals surface area contributed by atoms with Crippen LogP contribution in [0.4, 0.5) is 4.39 Å². The molecule has 3 rings (SSSR count). The lowest BCUT2D eigenvalue weighted by Crippen LogP contribution is -2.64. The van der Waals surface area contributed by atoms with Gasteiger partial charge >= 0.3 is 0 Å². The van der Waals surface area contributed by atoms with Gasteiger partial charge in [-0.15, -0.1) is 0 Å². The zero-order valence-electron chi connectivity index (χ0n) is 13.5. The van der Waals surface area contributed by atoms with Crippen molar-refractivity contribution in [3.05, 3.63) is 29.6 Å². The minimum Gasteiger partial charge on any atom is -0.508 e. The van der Waals surface area contributed by atoms with Crippen LogP contribution in [0.1, 0.15) is 36.5 Å². The monoisotopic (exact) mass is 339 g/mol. The molecular weight excluding hydrogens is 317 g/mol. The van der Waals surface area contributed by atoms with E-state index in [0.29, 0.717) is 25.9 Å². The molecule has 0 unspecified atom stereocenters. The molecule has 0 aliphatic carbocycles. The molecule has 2 fully saturated rings. The second-order valence-electron chi connectivity index (χ2n) is 6.88. The lowest BCUT2D eigenvalue weighted by Gasteiger charge is -2.51. The Morgan fingerprint density at radius 1 is 1.33 bits per heavy atom. The van der Waals surface area contributed by atoms with Crippen LogP contribution in [0.25, 0.3) is 0 Å². The summed E-state index contributed by atoms with van der Waals surface area (Å²) in [5.41, 5.74) is -2.28. The topological polar surface area (TPSA) is 90.2 Å². The van der Waals surface area contributed by atoms with Gasteiger partial charge in [0.05, 0.1) is 17.8 Å². The summed E-state index contributed by atoms with van der Waals surface area (Å²) in [6.45, 7) is 2.49. The van der Waals surface area contributed by atoms with Crippen molar-refractivity contribution in [2.24, 2.45) is 0 Å². The smallest absolute Gasteiger partial charge is 0.256 e. The van der Waals surface area contributed by atoms with Crippen LogP contribution in [-0.4, -0.2) is 63.1 Å². The first kappa shape index (κ1) is 17.1. The molecule has 132 valence electrons. The number of amides is 1. The van der Waals surface area contributed by atoms with Gasteiger partial charge in [-0.25, -0.2) is 4.39 Å². The number of hydrogen-bond acceptors (Lipinski definition) is 5. The van der Waals surface area contributed by atoms with Crippen molar-refractivity contribution in [2.75, 3.05) is 19.7 Å². The van der Waals surface area contributed by atoms with E-state index in [2.05, 4.69) is 0 Å². The number of phenolic OH excluding ortho intramolecular Hbond substituents is 1. The molecule has 0 bridgehead atoms. The van der Waals surface area contributed by atoms with E-state index in [-0.39, 0.29) is 24.4 Å². The third-order valence-electron chi connectivity index (χ3n) is 5.16. The number of benzene rings is 1. The summed E-state index contributed by atoms with van der Waals surface area (Å²) in [4.78, 5) is 13.9. The number of carbonyl (C=O) groups excluding carboxylic acids is 1. The summed E-state index contributed by atoms with van der Waals surface area (Å²) in [5, 5.41) is 30.2. The molecule has 24 heavy (non-hydrogen) atoms. The van der Waals surface area contributed by atoms with Crippen molar-refractivity contribution in [2.45, 2.75) is 43.5 Å². The summed E-state index contributed by atoms with van der Waals surface area (Å²) in [5.74, 6) is -1.36. The summed E-state index contributed by atoms with van der Waals surface area (Å²) < 4.78 is 19.6. The van der Waals surface area contributed by atoms with E-state index in [0.717, 1.165) is 12.1 Å². The van der Waals surface area contributed by atoms with Crippen molar-refractivity contribution in [3.8, 4) is 5.75 Å². The first-order chi connectivity index (χ1) is 11.3. The fraction of sp³-hybridized carbons (Fsp3) is 0.588. The summed E-state index contributed by atoms with van der Waals surface area (Å²) in [6.07, 6.45) is 0.0357. The fourth-order valence-electron chi connectivity index (χ4n) is 3.60. The van der Waals surface area contributed by atoms with Crippen LogP contribution in [0.5, 0.6) is 5.75 Å². The SMILES string of the molecule is C[C@@]1(O)CCOC2(CCN(C(=O)c3cc(O)ccc3F)CC2)[C@H]1O. The normalized spacial score (nSPS) is 29.7. The van der Waals surface area contributed by atoms with Gasteiger partial charge in [0.1, 0.15) is 23.3 Å². The molecule has 2 atom stereocenters. The highest BCUT2D eigenvalue weighted by Crippen LogP contribution is 2.40. The van der Waals surface area contributed by atoms with Gasteiger partial charge in [0.2, 0.25) is 0 Å². The second kappa shape index (κ2) is 5.98. The molecule has 2 saturated heterocycles. The molecule has 2 aliphatic heterocycles. The summed E-state index contributed by atoms with van der Waals surface area (Å²) >= 11 is 0. The van der Waals surface area contributed by atoms with Crippen molar-refractivity contribution in [1.82, 2.24) is 4.90 Å². The van der Waals surface area contributed by atoms with Crippen LogP contribution in [0.3, 0.4) is 0 Å². The Kier molecular flexibility index (Phi) is 4.27. The van der Waals surface area contributed by atoms with Gasteiger partial charge in [0.25, 0.3) is 5.91 Å². The van der Waals surface area contributed by atoms with E-state index in [1.807, 2.05) is 0 Å². The minimum atomic E-state index is -1.22. The van der Waals surface area contributed by atoms with Crippen LogP contribution in [0.15, 0.2) is 18.2 Å². The number of piperidine rings is 1. The van der Waals surface area contributed by atoms with Gasteiger partial charge in [-0.1, -0.05) is 0 Å². The molecule has 0 radical (unpaired) electrons. The van der Waals surface area contributed by atoms with Crippen LogP contribution < -0.4 is 0 Å². The Labute approximate surface area is 139 Å². The maximum atomic E-state index is 13.8. The molecule has 7 heteroatoms. The van der Waals surface area contributed by atoms with Crippen LogP contribution in [0.2, 0.25) is 0 Å². The largest absolute Gasteiger partial charge is 0.508 e. The van der Waals surface area contributed by atoms with E-state index in [1.165, 1.54) is 11.0 Å². The molecule has 1 aromatic carbocycles. The lowest BCUT2D eigenvalue weighted by atomic mass is 9.75. The molecule has 1 spiro atoms. The van der Waals surface area contributed by atoms with Crippen LogP contribution in [-0.2, 0) is 4.74 Å². The number of likely N-dealkylation sites (tertiary alicyclic amines) is 1. The average molecular weight is 339 g/mol. The van der Waals surface area contributed by atoms with Crippen LogP contribution >= 0.6 is 0 Å². The highest BCUT2D eigenvalue weighted by Gasteiger charge is 2.53. The average Bonchev–Trinajstić information content (AvgIpc) is 2.55. The number of phenols is 1. The van der Waals surface area contributed by atoms with E-state index in [9.17, 15) is 24.5 Å². The third kappa shape index (κ3) is 2.87. The quantitative estimate of drug-likeness (QED) is 0.711. The number of aromatic hydroxyl groups is 1. The molecule has 1 aromatic rings. The van der Waals surface area contributed by atoms with Crippen molar-refractivity contribution >= 4 is 5.91 Å². The molecule has 2 heterocycles. The first-order valence-electron chi connectivity index (χ1n) is 8.07. The Balaban J connectivity index is 1.73. The van der Waals surface area contributed by atoms with Gasteiger partial charge in [-0.05, 0) is 38.0 Å². The van der Waals surface area contributed by atoms with Crippen LogP contribution in [0, 0.1) is 5.82 Å². The Bertz CT molecular complexity index is 640. The number of carbonyl (C=O) groups is 1. The molecule has 6 nitrogen and oxygen atoms in total.